The van der Waals surface area contributed by atoms with E-state index in [1.807, 2.05) is 0 Å². The number of nitrogens with zero attached hydrogens (tertiary/aromatic N) is 1. The van der Waals surface area contributed by atoms with E-state index >= 15 is 0 Å². The summed E-state index contributed by atoms with van der Waals surface area (Å²) in [4.78, 5) is 13.6. The van der Waals surface area contributed by atoms with E-state index in [1.54, 1.807) is 4.90 Å². The Bertz CT molecular complexity index is 291. The third-order valence-corrected chi connectivity index (χ3v) is 4.19. The highest BCUT2D eigenvalue weighted by Crippen LogP contribution is 2.53. The Balaban J connectivity index is 1.77. The molecule has 1 amide bonds. The molecular formula is C12H22N2O3. The highest BCUT2D eigenvalue weighted by atomic mass is 16.3. The van der Waals surface area contributed by atoms with Crippen molar-refractivity contribution in [2.24, 2.45) is 11.1 Å². The Morgan fingerprint density at radius 2 is 2.18 bits per heavy atom. The molecule has 0 aromatic rings. The Morgan fingerprint density at radius 1 is 1.47 bits per heavy atom. The van der Waals surface area contributed by atoms with Crippen LogP contribution >= 0.6 is 0 Å². The van der Waals surface area contributed by atoms with Gasteiger partial charge >= 0.3 is 0 Å². The summed E-state index contributed by atoms with van der Waals surface area (Å²) in [6.07, 6.45) is 3.64. The molecule has 0 radical (unpaired) electrons. The van der Waals surface area contributed by atoms with Crippen LogP contribution in [0.5, 0.6) is 0 Å². The van der Waals surface area contributed by atoms with Crippen LogP contribution in [-0.2, 0) is 4.79 Å². The molecule has 1 saturated carbocycles. The molecule has 4 N–H and O–H groups in total. The van der Waals surface area contributed by atoms with Gasteiger partial charge in [-0.15, -0.1) is 0 Å². The van der Waals surface area contributed by atoms with E-state index in [2.05, 4.69) is 0 Å². The smallest absolute Gasteiger partial charge is 0.222 e. The fourth-order valence-corrected chi connectivity index (χ4v) is 2.55. The zero-order chi connectivity index (χ0) is 12.5. The van der Waals surface area contributed by atoms with Crippen LogP contribution in [0.2, 0.25) is 0 Å². The number of β-amino-alcohol motifs (C(OH)–C–C–N with tert-alkyl or cyclic N) is 1. The number of carbonyl (C=O) groups is 1. The lowest BCUT2D eigenvalue weighted by Gasteiger charge is -2.36. The van der Waals surface area contributed by atoms with E-state index in [1.165, 1.54) is 0 Å². The van der Waals surface area contributed by atoms with Crippen LogP contribution in [0.3, 0.4) is 0 Å². The van der Waals surface area contributed by atoms with Gasteiger partial charge in [0.15, 0.2) is 0 Å². The molecule has 2 atom stereocenters. The fraction of sp³-hybridized carbons (Fsp3) is 0.917. The number of rotatable bonds is 4. The highest BCUT2D eigenvalue weighted by Gasteiger charge is 2.51. The molecule has 98 valence electrons. The zero-order valence-electron chi connectivity index (χ0n) is 10.1. The van der Waals surface area contributed by atoms with Crippen molar-refractivity contribution in [2.75, 3.05) is 19.7 Å². The van der Waals surface area contributed by atoms with Gasteiger partial charge in [0.2, 0.25) is 5.91 Å². The van der Waals surface area contributed by atoms with E-state index in [4.69, 9.17) is 10.8 Å². The number of piperidine rings is 1. The second-order valence-electron chi connectivity index (χ2n) is 5.45. The quantitative estimate of drug-likeness (QED) is 0.618. The second-order valence-corrected chi connectivity index (χ2v) is 5.45. The summed E-state index contributed by atoms with van der Waals surface area (Å²) in [6.45, 7) is 1.14. The molecule has 1 heterocycles. The maximum absolute atomic E-state index is 11.9. The lowest BCUT2D eigenvalue weighted by Crippen LogP contribution is -2.47. The minimum absolute atomic E-state index is 0.0449. The molecule has 0 aromatic carbocycles. The van der Waals surface area contributed by atoms with E-state index in [0.717, 1.165) is 25.8 Å². The van der Waals surface area contributed by atoms with Crippen molar-refractivity contribution in [3.05, 3.63) is 0 Å². The molecule has 1 aliphatic heterocycles. The maximum atomic E-state index is 11.9. The van der Waals surface area contributed by atoms with Gasteiger partial charge in [0, 0.05) is 25.6 Å². The molecule has 2 rings (SSSR count). The summed E-state index contributed by atoms with van der Waals surface area (Å²) in [7, 11) is 0. The zero-order valence-corrected chi connectivity index (χ0v) is 10.1. The maximum Gasteiger partial charge on any atom is 0.222 e. The number of aliphatic hydroxyl groups is 2. The second kappa shape index (κ2) is 4.92. The van der Waals surface area contributed by atoms with Crippen LogP contribution in [0.4, 0.5) is 0 Å². The minimum atomic E-state index is -0.355. The third-order valence-electron chi connectivity index (χ3n) is 4.19. The van der Waals surface area contributed by atoms with Gasteiger partial charge in [0.25, 0.3) is 0 Å². The summed E-state index contributed by atoms with van der Waals surface area (Å²) in [5, 5.41) is 18.8. The lowest BCUT2D eigenvalue weighted by atomic mass is 9.90. The van der Waals surface area contributed by atoms with Gasteiger partial charge < -0.3 is 20.8 Å². The first-order valence-electron chi connectivity index (χ1n) is 6.40. The minimum Gasteiger partial charge on any atom is -0.395 e. The summed E-state index contributed by atoms with van der Waals surface area (Å²) >= 11 is 0. The van der Waals surface area contributed by atoms with Crippen molar-refractivity contribution < 1.29 is 15.0 Å². The van der Waals surface area contributed by atoms with Crippen molar-refractivity contribution in [1.82, 2.24) is 4.90 Å². The van der Waals surface area contributed by atoms with Gasteiger partial charge in [-0.05, 0) is 31.1 Å². The Hall–Kier alpha value is -0.650. The standard InChI is InChI=1S/C12H22N2O3/c13-9(8-15)1-2-11(17)14-6-5-12(3-4-12)10(16)7-14/h9-10,15-16H,1-8,13H2/t9-,10+/m0/s1. The molecule has 17 heavy (non-hydrogen) atoms. The van der Waals surface area contributed by atoms with Crippen LogP contribution in [0.15, 0.2) is 0 Å². The Kier molecular flexibility index (Phi) is 3.70. The number of hydrogen-bond donors (Lipinski definition) is 3. The largest absolute Gasteiger partial charge is 0.395 e. The molecule has 1 saturated heterocycles. The van der Waals surface area contributed by atoms with Gasteiger partial charge in [0.1, 0.15) is 0 Å². The lowest BCUT2D eigenvalue weighted by molar-refractivity contribution is -0.136. The first-order chi connectivity index (χ1) is 8.07. The summed E-state index contributed by atoms with van der Waals surface area (Å²) in [5.74, 6) is 0.0449. The molecule has 2 fully saturated rings. The van der Waals surface area contributed by atoms with Gasteiger partial charge in [-0.1, -0.05) is 0 Å². The van der Waals surface area contributed by atoms with E-state index in [9.17, 15) is 9.90 Å². The number of nitrogens with two attached hydrogens (primary N) is 1. The number of hydrogen-bond acceptors (Lipinski definition) is 4. The van der Waals surface area contributed by atoms with Crippen LogP contribution in [-0.4, -0.2) is 52.9 Å². The monoisotopic (exact) mass is 242 g/mol. The molecule has 0 aromatic heterocycles. The topological polar surface area (TPSA) is 86.8 Å². The van der Waals surface area contributed by atoms with Gasteiger partial charge in [-0.25, -0.2) is 0 Å². The molecular weight excluding hydrogens is 220 g/mol. The molecule has 5 nitrogen and oxygen atoms in total. The normalized spacial score (nSPS) is 28.2. The Morgan fingerprint density at radius 3 is 2.71 bits per heavy atom. The van der Waals surface area contributed by atoms with Crippen molar-refractivity contribution >= 4 is 5.91 Å². The van der Waals surface area contributed by atoms with Gasteiger partial charge in [-0.3, -0.25) is 4.79 Å². The van der Waals surface area contributed by atoms with E-state index in [-0.39, 0.29) is 30.1 Å². The predicted molar refractivity (Wildman–Crippen MR) is 63.2 cm³/mol. The average molecular weight is 242 g/mol. The van der Waals surface area contributed by atoms with Crippen molar-refractivity contribution in [3.8, 4) is 0 Å². The average Bonchev–Trinajstić information content (AvgIpc) is 3.10. The first kappa shape index (κ1) is 12.8. The van der Waals surface area contributed by atoms with E-state index < -0.39 is 0 Å². The number of amides is 1. The van der Waals surface area contributed by atoms with Crippen LogP contribution in [0.25, 0.3) is 0 Å². The van der Waals surface area contributed by atoms with Crippen LogP contribution in [0, 0.1) is 5.41 Å². The number of aliphatic hydroxyl groups excluding tert-OH is 2. The molecule has 2 aliphatic rings. The molecule has 5 heteroatoms. The molecule has 0 unspecified atom stereocenters. The summed E-state index contributed by atoms with van der Waals surface area (Å²) < 4.78 is 0. The number of likely N-dealkylation sites (tertiary alicyclic amines) is 1. The molecule has 1 aliphatic carbocycles. The van der Waals surface area contributed by atoms with Crippen molar-refractivity contribution in [1.29, 1.82) is 0 Å². The Labute approximate surface area is 102 Å². The SMILES string of the molecule is N[C@H](CO)CCC(=O)N1CCC2(CC2)[C@H](O)C1. The summed E-state index contributed by atoms with van der Waals surface area (Å²) in [6, 6.07) is -0.316. The number of carbonyl (C=O) groups excluding carboxylic acids is 1. The predicted octanol–water partition coefficient (Wildman–Crippen LogP) is -0.540. The van der Waals surface area contributed by atoms with Crippen molar-refractivity contribution in [3.63, 3.8) is 0 Å². The van der Waals surface area contributed by atoms with E-state index in [0.29, 0.717) is 19.4 Å². The van der Waals surface area contributed by atoms with Gasteiger partial charge in [-0.2, -0.15) is 0 Å². The molecule has 1 spiro atoms. The van der Waals surface area contributed by atoms with Crippen LogP contribution < -0.4 is 5.73 Å². The third kappa shape index (κ3) is 2.78. The highest BCUT2D eigenvalue weighted by molar-refractivity contribution is 5.76. The fourth-order valence-electron chi connectivity index (χ4n) is 2.55. The molecule has 0 bridgehead atoms. The first-order valence-corrected chi connectivity index (χ1v) is 6.40. The van der Waals surface area contributed by atoms with Gasteiger partial charge in [0.05, 0.1) is 12.7 Å². The van der Waals surface area contributed by atoms with Crippen LogP contribution in [0.1, 0.15) is 32.1 Å². The van der Waals surface area contributed by atoms with Crippen molar-refractivity contribution in [2.45, 2.75) is 44.2 Å². The summed E-state index contributed by atoms with van der Waals surface area (Å²) in [5.41, 5.74) is 5.70.